The molecule has 2 heterocycles. The van der Waals surface area contributed by atoms with Crippen LogP contribution in [0.25, 0.3) is 0 Å². The molecule has 118 valence electrons. The largest absolute Gasteiger partial charge is 0.393 e. The molecule has 2 amide bonds. The highest BCUT2D eigenvalue weighted by Crippen LogP contribution is 2.21. The van der Waals surface area contributed by atoms with Crippen molar-refractivity contribution in [3.8, 4) is 0 Å². The number of hydrogen-bond acceptors (Lipinski definition) is 4. The third-order valence-corrected chi connectivity index (χ3v) is 4.81. The Morgan fingerprint density at radius 3 is 2.95 bits per heavy atom. The van der Waals surface area contributed by atoms with E-state index in [1.807, 2.05) is 25.9 Å². The van der Waals surface area contributed by atoms with Crippen LogP contribution in [-0.2, 0) is 0 Å². The number of carbonyl (C=O) groups excluding carboxylic acids is 1. The number of thiophene rings is 1. The van der Waals surface area contributed by atoms with Gasteiger partial charge in [0.2, 0.25) is 0 Å². The second-order valence-electron chi connectivity index (χ2n) is 5.94. The number of urea groups is 1. The highest BCUT2D eigenvalue weighted by molar-refractivity contribution is 7.07. The van der Waals surface area contributed by atoms with E-state index in [0.717, 1.165) is 0 Å². The minimum atomic E-state index is -0.274. The van der Waals surface area contributed by atoms with Crippen molar-refractivity contribution in [3.63, 3.8) is 0 Å². The lowest BCUT2D eigenvalue weighted by Crippen LogP contribution is -2.51. The van der Waals surface area contributed by atoms with Crippen LogP contribution >= 0.6 is 11.3 Å². The van der Waals surface area contributed by atoms with E-state index in [2.05, 4.69) is 27.0 Å². The molecule has 5 nitrogen and oxygen atoms in total. The molecule has 1 unspecified atom stereocenters. The number of rotatable bonds is 4. The smallest absolute Gasteiger partial charge is 0.317 e. The standard InChI is InChI=1S/C15H25N3O2S/c1-11-8-13(19)4-6-18(11)15(20)16-9-14(17(2)3)12-5-7-21-10-12/h5,7,10-11,13-14,19H,4,6,8-9H2,1-3H3,(H,16,20)/t11-,13-,14?/m1/s1. The second-order valence-corrected chi connectivity index (χ2v) is 6.72. The molecule has 0 radical (unpaired) electrons. The topological polar surface area (TPSA) is 55.8 Å². The van der Waals surface area contributed by atoms with Gasteiger partial charge in [0, 0.05) is 19.1 Å². The van der Waals surface area contributed by atoms with Crippen LogP contribution in [-0.4, -0.2) is 60.3 Å². The number of aliphatic hydroxyl groups is 1. The quantitative estimate of drug-likeness (QED) is 0.893. The van der Waals surface area contributed by atoms with Crippen molar-refractivity contribution in [3.05, 3.63) is 22.4 Å². The Hall–Kier alpha value is -1.11. The first kappa shape index (κ1) is 16.3. The Balaban J connectivity index is 1.90. The number of aliphatic hydroxyl groups excluding tert-OH is 1. The Bertz CT molecular complexity index is 450. The SMILES string of the molecule is C[C@@H]1C[C@H](O)CCN1C(=O)NCC(c1ccsc1)N(C)C. The van der Waals surface area contributed by atoms with E-state index in [-0.39, 0.29) is 24.2 Å². The molecule has 0 spiro atoms. The van der Waals surface area contributed by atoms with Crippen LogP contribution in [0.3, 0.4) is 0 Å². The molecule has 2 rings (SSSR count). The lowest BCUT2D eigenvalue weighted by molar-refractivity contribution is 0.0645. The summed E-state index contributed by atoms with van der Waals surface area (Å²) in [7, 11) is 4.04. The first-order valence-corrected chi connectivity index (χ1v) is 8.34. The Morgan fingerprint density at radius 1 is 1.62 bits per heavy atom. The molecular weight excluding hydrogens is 286 g/mol. The highest BCUT2D eigenvalue weighted by Gasteiger charge is 2.28. The number of likely N-dealkylation sites (tertiary alicyclic amines) is 1. The number of carbonyl (C=O) groups is 1. The summed E-state index contributed by atoms with van der Waals surface area (Å²) in [6.07, 6.45) is 1.05. The van der Waals surface area contributed by atoms with E-state index >= 15 is 0 Å². The third kappa shape index (κ3) is 4.18. The summed E-state index contributed by atoms with van der Waals surface area (Å²) in [5.41, 5.74) is 1.23. The number of nitrogens with one attached hydrogen (secondary N) is 1. The summed E-state index contributed by atoms with van der Waals surface area (Å²) in [5.74, 6) is 0. The minimum Gasteiger partial charge on any atom is -0.393 e. The summed E-state index contributed by atoms with van der Waals surface area (Å²) in [5, 5.41) is 16.8. The van der Waals surface area contributed by atoms with Crippen molar-refractivity contribution in [1.29, 1.82) is 0 Å². The van der Waals surface area contributed by atoms with Crippen LogP contribution in [0.5, 0.6) is 0 Å². The van der Waals surface area contributed by atoms with Crippen molar-refractivity contribution in [2.45, 2.75) is 38.0 Å². The van der Waals surface area contributed by atoms with Gasteiger partial charge in [0.15, 0.2) is 0 Å². The molecule has 3 atom stereocenters. The van der Waals surface area contributed by atoms with Crippen molar-refractivity contribution in [2.75, 3.05) is 27.2 Å². The first-order chi connectivity index (χ1) is 9.99. The number of likely N-dealkylation sites (N-methyl/N-ethyl adjacent to an activating group) is 1. The summed E-state index contributed by atoms with van der Waals surface area (Å²) in [6.45, 7) is 3.21. The lowest BCUT2D eigenvalue weighted by atomic mass is 10.0. The molecule has 1 aliphatic rings. The normalized spacial score (nSPS) is 24.1. The zero-order chi connectivity index (χ0) is 15.4. The number of amides is 2. The van der Waals surface area contributed by atoms with Crippen LogP contribution in [0.2, 0.25) is 0 Å². The van der Waals surface area contributed by atoms with E-state index in [9.17, 15) is 9.90 Å². The van der Waals surface area contributed by atoms with E-state index < -0.39 is 0 Å². The predicted octanol–water partition coefficient (Wildman–Crippen LogP) is 1.91. The van der Waals surface area contributed by atoms with Gasteiger partial charge in [-0.3, -0.25) is 0 Å². The maximum absolute atomic E-state index is 12.3. The molecule has 0 bridgehead atoms. The average molecular weight is 311 g/mol. The number of piperidine rings is 1. The van der Waals surface area contributed by atoms with Crippen LogP contribution < -0.4 is 5.32 Å². The van der Waals surface area contributed by atoms with Gasteiger partial charge in [-0.05, 0) is 56.3 Å². The van der Waals surface area contributed by atoms with Crippen molar-refractivity contribution < 1.29 is 9.90 Å². The molecule has 1 aromatic rings. The van der Waals surface area contributed by atoms with Gasteiger partial charge in [0.1, 0.15) is 0 Å². The minimum absolute atomic E-state index is 0.0310. The molecule has 21 heavy (non-hydrogen) atoms. The van der Waals surface area contributed by atoms with Gasteiger partial charge in [0.05, 0.1) is 12.1 Å². The van der Waals surface area contributed by atoms with Crippen LogP contribution in [0.1, 0.15) is 31.4 Å². The van der Waals surface area contributed by atoms with E-state index in [1.54, 1.807) is 11.3 Å². The summed E-state index contributed by atoms with van der Waals surface area (Å²) in [6, 6.07) is 2.34. The van der Waals surface area contributed by atoms with Gasteiger partial charge in [0.25, 0.3) is 0 Å². The van der Waals surface area contributed by atoms with E-state index in [4.69, 9.17) is 0 Å². The molecule has 6 heteroatoms. The Morgan fingerprint density at radius 2 is 2.38 bits per heavy atom. The number of nitrogens with zero attached hydrogens (tertiary/aromatic N) is 2. The maximum atomic E-state index is 12.3. The highest BCUT2D eigenvalue weighted by atomic mass is 32.1. The summed E-state index contributed by atoms with van der Waals surface area (Å²) in [4.78, 5) is 16.3. The first-order valence-electron chi connectivity index (χ1n) is 7.40. The van der Waals surface area contributed by atoms with Crippen molar-refractivity contribution in [1.82, 2.24) is 15.1 Å². The molecule has 1 aliphatic heterocycles. The fourth-order valence-corrected chi connectivity index (χ4v) is 3.50. The Labute approximate surface area is 130 Å². The van der Waals surface area contributed by atoms with Crippen molar-refractivity contribution in [2.24, 2.45) is 0 Å². The predicted molar refractivity (Wildman–Crippen MR) is 85.6 cm³/mol. The maximum Gasteiger partial charge on any atom is 0.317 e. The van der Waals surface area contributed by atoms with E-state index in [1.165, 1.54) is 5.56 Å². The second kappa shape index (κ2) is 7.24. The van der Waals surface area contributed by atoms with Crippen molar-refractivity contribution >= 4 is 17.4 Å². The van der Waals surface area contributed by atoms with Gasteiger partial charge < -0.3 is 20.2 Å². The zero-order valence-corrected chi connectivity index (χ0v) is 13.8. The molecule has 2 N–H and O–H groups in total. The molecule has 0 saturated carbocycles. The molecule has 1 saturated heterocycles. The van der Waals surface area contributed by atoms with Gasteiger partial charge in [-0.15, -0.1) is 0 Å². The van der Waals surface area contributed by atoms with E-state index in [0.29, 0.717) is 25.9 Å². The van der Waals surface area contributed by atoms with Gasteiger partial charge in [-0.2, -0.15) is 11.3 Å². The van der Waals surface area contributed by atoms with Gasteiger partial charge in [-0.25, -0.2) is 4.79 Å². The van der Waals surface area contributed by atoms with Crippen LogP contribution in [0.4, 0.5) is 4.79 Å². The third-order valence-electron chi connectivity index (χ3n) is 4.11. The molecule has 0 aliphatic carbocycles. The summed E-state index contributed by atoms with van der Waals surface area (Å²) >= 11 is 1.67. The average Bonchev–Trinajstić information content (AvgIpc) is 2.92. The Kier molecular flexibility index (Phi) is 5.61. The van der Waals surface area contributed by atoms with Gasteiger partial charge in [-0.1, -0.05) is 0 Å². The van der Waals surface area contributed by atoms with Gasteiger partial charge >= 0.3 is 6.03 Å². The van der Waals surface area contributed by atoms with Crippen LogP contribution in [0, 0.1) is 0 Å². The monoisotopic (exact) mass is 311 g/mol. The number of hydrogen-bond donors (Lipinski definition) is 2. The molecular formula is C15H25N3O2S. The summed E-state index contributed by atoms with van der Waals surface area (Å²) < 4.78 is 0. The zero-order valence-electron chi connectivity index (χ0n) is 13.0. The molecule has 1 fully saturated rings. The fraction of sp³-hybridized carbons (Fsp3) is 0.667. The lowest BCUT2D eigenvalue weighted by Gasteiger charge is -2.36. The molecule has 0 aromatic carbocycles. The fourth-order valence-electron chi connectivity index (χ4n) is 2.80. The molecule has 1 aromatic heterocycles. The van der Waals surface area contributed by atoms with Crippen LogP contribution in [0.15, 0.2) is 16.8 Å².